The first-order chi connectivity index (χ1) is 8.71. The lowest BCUT2D eigenvalue weighted by molar-refractivity contribution is 0.187. The fourth-order valence-corrected chi connectivity index (χ4v) is 2.04. The molecule has 5 heteroatoms. The monoisotopic (exact) mass is 250 g/mol. The van der Waals surface area contributed by atoms with E-state index in [9.17, 15) is 0 Å². The Labute approximate surface area is 106 Å². The molecule has 0 bridgehead atoms. The molecule has 0 aliphatic carbocycles. The second-order valence-electron chi connectivity index (χ2n) is 4.00. The van der Waals surface area contributed by atoms with E-state index in [2.05, 4.69) is 9.55 Å². The van der Waals surface area contributed by atoms with Crippen molar-refractivity contribution >= 4 is 11.0 Å². The molecule has 1 aromatic heterocycles. The molecule has 0 N–H and O–H groups in total. The number of fused-ring (bicyclic) bond motifs is 1. The van der Waals surface area contributed by atoms with Crippen LogP contribution < -0.4 is 9.47 Å². The fraction of sp³-hybridized carbons (Fsp3) is 0.462. The van der Waals surface area contributed by atoms with Crippen molar-refractivity contribution < 1.29 is 14.2 Å². The van der Waals surface area contributed by atoms with Crippen LogP contribution in [0.5, 0.6) is 11.5 Å². The van der Waals surface area contributed by atoms with E-state index in [1.807, 2.05) is 19.1 Å². The summed E-state index contributed by atoms with van der Waals surface area (Å²) < 4.78 is 17.8. The van der Waals surface area contributed by atoms with Gasteiger partial charge in [0.1, 0.15) is 5.82 Å². The smallest absolute Gasteiger partial charge is 0.163 e. The highest BCUT2D eigenvalue weighted by Crippen LogP contribution is 2.32. The number of rotatable bonds is 5. The van der Waals surface area contributed by atoms with Gasteiger partial charge in [0.25, 0.3) is 0 Å². The molecule has 2 aromatic rings. The van der Waals surface area contributed by atoms with E-state index in [4.69, 9.17) is 14.2 Å². The molecule has 0 radical (unpaired) electrons. The van der Waals surface area contributed by atoms with Crippen LogP contribution >= 0.6 is 0 Å². The molecular weight excluding hydrogens is 232 g/mol. The number of benzene rings is 1. The molecule has 0 saturated carbocycles. The van der Waals surface area contributed by atoms with Gasteiger partial charge in [-0.1, -0.05) is 0 Å². The third-order valence-electron chi connectivity index (χ3n) is 2.96. The van der Waals surface area contributed by atoms with E-state index in [1.54, 1.807) is 21.3 Å². The third-order valence-corrected chi connectivity index (χ3v) is 2.96. The van der Waals surface area contributed by atoms with E-state index in [-0.39, 0.29) is 0 Å². The average molecular weight is 250 g/mol. The van der Waals surface area contributed by atoms with Crippen molar-refractivity contribution in [1.29, 1.82) is 0 Å². The van der Waals surface area contributed by atoms with Gasteiger partial charge in [-0.25, -0.2) is 4.98 Å². The first-order valence-corrected chi connectivity index (χ1v) is 5.79. The van der Waals surface area contributed by atoms with Crippen LogP contribution in [0.3, 0.4) is 0 Å². The standard InChI is InChI=1S/C13H18N2O3/c1-9-14-10-7-12(17-3)13(18-4)8-11(10)15(9)5-6-16-2/h7-8H,5-6H2,1-4H3. The predicted molar refractivity (Wildman–Crippen MR) is 69.5 cm³/mol. The second kappa shape index (κ2) is 5.27. The van der Waals surface area contributed by atoms with Crippen molar-refractivity contribution in [3.8, 4) is 11.5 Å². The fourth-order valence-electron chi connectivity index (χ4n) is 2.04. The van der Waals surface area contributed by atoms with Crippen molar-refractivity contribution in [3.05, 3.63) is 18.0 Å². The van der Waals surface area contributed by atoms with Gasteiger partial charge in [0.05, 0.1) is 31.9 Å². The predicted octanol–water partition coefficient (Wildman–Crippen LogP) is 2.01. The molecule has 0 fully saturated rings. The maximum atomic E-state index is 5.32. The van der Waals surface area contributed by atoms with E-state index in [0.29, 0.717) is 18.1 Å². The van der Waals surface area contributed by atoms with Crippen LogP contribution in [0.15, 0.2) is 12.1 Å². The van der Waals surface area contributed by atoms with E-state index in [1.165, 1.54) is 0 Å². The molecule has 5 nitrogen and oxygen atoms in total. The first kappa shape index (κ1) is 12.7. The molecule has 1 heterocycles. The maximum Gasteiger partial charge on any atom is 0.163 e. The van der Waals surface area contributed by atoms with Gasteiger partial charge in [-0.2, -0.15) is 0 Å². The number of methoxy groups -OCH3 is 3. The van der Waals surface area contributed by atoms with Crippen molar-refractivity contribution in [2.24, 2.45) is 0 Å². The quantitative estimate of drug-likeness (QED) is 0.814. The molecule has 0 saturated heterocycles. The minimum absolute atomic E-state index is 0.653. The molecule has 98 valence electrons. The molecule has 18 heavy (non-hydrogen) atoms. The van der Waals surface area contributed by atoms with Crippen LogP contribution in [0.25, 0.3) is 11.0 Å². The molecular formula is C13H18N2O3. The van der Waals surface area contributed by atoms with Crippen molar-refractivity contribution in [2.45, 2.75) is 13.5 Å². The summed E-state index contributed by atoms with van der Waals surface area (Å²) in [6, 6.07) is 3.84. The van der Waals surface area contributed by atoms with E-state index in [0.717, 1.165) is 23.4 Å². The van der Waals surface area contributed by atoms with Crippen molar-refractivity contribution in [2.75, 3.05) is 27.9 Å². The van der Waals surface area contributed by atoms with Gasteiger partial charge in [0.15, 0.2) is 11.5 Å². The summed E-state index contributed by atoms with van der Waals surface area (Å²) in [7, 11) is 4.95. The van der Waals surface area contributed by atoms with Crippen LogP contribution in [0, 0.1) is 6.92 Å². The van der Waals surface area contributed by atoms with Crippen LogP contribution in [0.2, 0.25) is 0 Å². The Bertz CT molecular complexity index is 549. The Kier molecular flexibility index (Phi) is 3.72. The van der Waals surface area contributed by atoms with Gasteiger partial charge in [0.2, 0.25) is 0 Å². The van der Waals surface area contributed by atoms with Gasteiger partial charge in [-0.3, -0.25) is 0 Å². The highest BCUT2D eigenvalue weighted by Gasteiger charge is 2.12. The molecule has 1 aromatic carbocycles. The van der Waals surface area contributed by atoms with E-state index >= 15 is 0 Å². The number of hydrogen-bond acceptors (Lipinski definition) is 4. The molecule has 0 spiro atoms. The summed E-state index contributed by atoms with van der Waals surface area (Å²) in [5, 5.41) is 0. The van der Waals surface area contributed by atoms with Gasteiger partial charge in [-0.15, -0.1) is 0 Å². The zero-order valence-corrected chi connectivity index (χ0v) is 11.2. The Morgan fingerprint density at radius 1 is 1.11 bits per heavy atom. The molecule has 0 atom stereocenters. The zero-order chi connectivity index (χ0) is 13.1. The lowest BCUT2D eigenvalue weighted by atomic mass is 10.2. The van der Waals surface area contributed by atoms with Gasteiger partial charge in [0, 0.05) is 25.8 Å². The minimum Gasteiger partial charge on any atom is -0.493 e. The lowest BCUT2D eigenvalue weighted by Crippen LogP contribution is -2.05. The van der Waals surface area contributed by atoms with Crippen LogP contribution in [0.1, 0.15) is 5.82 Å². The summed E-state index contributed by atoms with van der Waals surface area (Å²) in [5.74, 6) is 2.36. The number of ether oxygens (including phenoxy) is 3. The first-order valence-electron chi connectivity index (χ1n) is 5.79. The van der Waals surface area contributed by atoms with Gasteiger partial charge in [-0.05, 0) is 6.92 Å². The Hall–Kier alpha value is -1.75. The third kappa shape index (κ3) is 2.13. The normalized spacial score (nSPS) is 10.9. The van der Waals surface area contributed by atoms with Crippen molar-refractivity contribution in [3.63, 3.8) is 0 Å². The Balaban J connectivity index is 2.55. The largest absolute Gasteiger partial charge is 0.493 e. The van der Waals surface area contributed by atoms with Gasteiger partial charge < -0.3 is 18.8 Å². The summed E-state index contributed by atoms with van der Waals surface area (Å²) >= 11 is 0. The molecule has 0 aliphatic heterocycles. The molecule has 0 aliphatic rings. The van der Waals surface area contributed by atoms with Crippen LogP contribution in [0.4, 0.5) is 0 Å². The summed E-state index contributed by atoms with van der Waals surface area (Å²) in [4.78, 5) is 4.52. The molecule has 0 amide bonds. The van der Waals surface area contributed by atoms with Crippen LogP contribution in [-0.4, -0.2) is 37.5 Å². The maximum absolute atomic E-state index is 5.32. The molecule has 2 rings (SSSR count). The lowest BCUT2D eigenvalue weighted by Gasteiger charge is -2.09. The summed E-state index contributed by atoms with van der Waals surface area (Å²) in [6.07, 6.45) is 0. The second-order valence-corrected chi connectivity index (χ2v) is 4.00. The number of nitrogens with zero attached hydrogens (tertiary/aromatic N) is 2. The minimum atomic E-state index is 0.653. The van der Waals surface area contributed by atoms with Gasteiger partial charge >= 0.3 is 0 Å². The highest BCUT2D eigenvalue weighted by atomic mass is 16.5. The highest BCUT2D eigenvalue weighted by molar-refractivity contribution is 5.80. The zero-order valence-electron chi connectivity index (χ0n) is 11.2. The average Bonchev–Trinajstić information content (AvgIpc) is 2.69. The van der Waals surface area contributed by atoms with Crippen LogP contribution in [-0.2, 0) is 11.3 Å². The number of imidazole rings is 1. The Morgan fingerprint density at radius 3 is 2.39 bits per heavy atom. The topological polar surface area (TPSA) is 45.5 Å². The number of aryl methyl sites for hydroxylation is 1. The number of hydrogen-bond donors (Lipinski definition) is 0. The summed E-state index contributed by atoms with van der Waals surface area (Å²) in [6.45, 7) is 3.41. The number of aromatic nitrogens is 2. The SMILES string of the molecule is COCCn1c(C)nc2cc(OC)c(OC)cc21. The van der Waals surface area contributed by atoms with E-state index < -0.39 is 0 Å². The summed E-state index contributed by atoms with van der Waals surface area (Å²) in [5.41, 5.74) is 1.93. The molecule has 0 unspecified atom stereocenters. The Morgan fingerprint density at radius 2 is 1.78 bits per heavy atom. The van der Waals surface area contributed by atoms with Crippen molar-refractivity contribution in [1.82, 2.24) is 9.55 Å².